The Bertz CT molecular complexity index is 366. The van der Waals surface area contributed by atoms with Crippen LogP contribution >= 0.6 is 0 Å². The standard InChI is InChI=1S/C16H27NO2/c1-5-9-17-14(3)15-7-8-16(13(2)12-15)19-11-6-10-18-4/h7-8,12,14,17H,5-6,9-11H2,1-4H3. The lowest BCUT2D eigenvalue weighted by Crippen LogP contribution is -2.19. The van der Waals surface area contributed by atoms with Gasteiger partial charge >= 0.3 is 0 Å². The van der Waals surface area contributed by atoms with Gasteiger partial charge in [-0.1, -0.05) is 19.1 Å². The summed E-state index contributed by atoms with van der Waals surface area (Å²) in [5.41, 5.74) is 2.51. The van der Waals surface area contributed by atoms with Crippen LogP contribution < -0.4 is 10.1 Å². The highest BCUT2D eigenvalue weighted by molar-refractivity contribution is 5.37. The predicted molar refractivity (Wildman–Crippen MR) is 79.9 cm³/mol. The number of methoxy groups -OCH3 is 1. The summed E-state index contributed by atoms with van der Waals surface area (Å²) in [7, 11) is 1.71. The van der Waals surface area contributed by atoms with Gasteiger partial charge in [0.05, 0.1) is 6.61 Å². The van der Waals surface area contributed by atoms with Crippen molar-refractivity contribution >= 4 is 0 Å². The van der Waals surface area contributed by atoms with Gasteiger partial charge in [-0.25, -0.2) is 0 Å². The Hall–Kier alpha value is -1.06. The van der Waals surface area contributed by atoms with Gasteiger partial charge in [0.1, 0.15) is 5.75 Å². The van der Waals surface area contributed by atoms with Crippen molar-refractivity contribution in [2.24, 2.45) is 0 Å². The fourth-order valence-corrected chi connectivity index (χ4v) is 1.97. The second kappa shape index (κ2) is 8.94. The summed E-state index contributed by atoms with van der Waals surface area (Å²) in [6.07, 6.45) is 2.08. The van der Waals surface area contributed by atoms with E-state index in [1.807, 2.05) is 0 Å². The first-order valence-electron chi connectivity index (χ1n) is 7.14. The fraction of sp³-hybridized carbons (Fsp3) is 0.625. The molecule has 1 aromatic carbocycles. The van der Waals surface area contributed by atoms with Crippen LogP contribution in [0.15, 0.2) is 18.2 Å². The Kier molecular flexibility index (Phi) is 7.53. The first-order chi connectivity index (χ1) is 9.19. The average Bonchev–Trinajstić information content (AvgIpc) is 2.42. The number of rotatable bonds is 9. The highest BCUT2D eigenvalue weighted by Crippen LogP contribution is 2.22. The van der Waals surface area contributed by atoms with Crippen molar-refractivity contribution in [3.63, 3.8) is 0 Å². The molecule has 0 fully saturated rings. The van der Waals surface area contributed by atoms with Gasteiger partial charge in [0.15, 0.2) is 0 Å². The number of benzene rings is 1. The zero-order valence-electron chi connectivity index (χ0n) is 12.7. The molecule has 19 heavy (non-hydrogen) atoms. The zero-order chi connectivity index (χ0) is 14.1. The molecule has 0 aliphatic heterocycles. The molecule has 1 atom stereocenters. The Morgan fingerprint density at radius 2 is 2.05 bits per heavy atom. The molecule has 0 aromatic heterocycles. The molecule has 0 bridgehead atoms. The predicted octanol–water partition coefficient (Wildman–Crippen LogP) is 3.47. The van der Waals surface area contributed by atoms with E-state index in [9.17, 15) is 0 Å². The number of aryl methyl sites for hydroxylation is 1. The molecule has 3 heteroatoms. The smallest absolute Gasteiger partial charge is 0.122 e. The van der Waals surface area contributed by atoms with E-state index in [-0.39, 0.29) is 0 Å². The number of hydrogen-bond donors (Lipinski definition) is 1. The summed E-state index contributed by atoms with van der Waals surface area (Å²) in [6, 6.07) is 6.81. The molecule has 0 aliphatic rings. The summed E-state index contributed by atoms with van der Waals surface area (Å²) in [6.45, 7) is 8.98. The monoisotopic (exact) mass is 265 g/mol. The lowest BCUT2D eigenvalue weighted by Gasteiger charge is -2.16. The minimum Gasteiger partial charge on any atom is -0.493 e. The Morgan fingerprint density at radius 3 is 2.68 bits per heavy atom. The maximum atomic E-state index is 5.75. The summed E-state index contributed by atoms with van der Waals surface area (Å²) in [4.78, 5) is 0. The molecule has 1 aromatic rings. The molecule has 0 saturated heterocycles. The second-order valence-electron chi connectivity index (χ2n) is 4.90. The lowest BCUT2D eigenvalue weighted by molar-refractivity contribution is 0.172. The summed E-state index contributed by atoms with van der Waals surface area (Å²) in [5, 5.41) is 3.50. The quantitative estimate of drug-likeness (QED) is 0.693. The number of hydrogen-bond acceptors (Lipinski definition) is 3. The lowest BCUT2D eigenvalue weighted by atomic mass is 10.0. The van der Waals surface area contributed by atoms with Crippen LogP contribution in [0, 0.1) is 6.92 Å². The van der Waals surface area contributed by atoms with Crippen LogP contribution in [-0.2, 0) is 4.74 Å². The van der Waals surface area contributed by atoms with E-state index in [1.165, 1.54) is 11.1 Å². The maximum absolute atomic E-state index is 5.75. The van der Waals surface area contributed by atoms with Crippen molar-refractivity contribution < 1.29 is 9.47 Å². The Morgan fingerprint density at radius 1 is 1.26 bits per heavy atom. The first kappa shape index (κ1) is 16.0. The molecule has 1 N–H and O–H groups in total. The minimum absolute atomic E-state index is 0.390. The van der Waals surface area contributed by atoms with Crippen molar-refractivity contribution in [1.29, 1.82) is 0 Å². The van der Waals surface area contributed by atoms with Crippen LogP contribution in [0.3, 0.4) is 0 Å². The molecule has 1 unspecified atom stereocenters. The average molecular weight is 265 g/mol. The van der Waals surface area contributed by atoms with E-state index in [2.05, 4.69) is 44.3 Å². The third-order valence-corrected chi connectivity index (χ3v) is 3.15. The Balaban J connectivity index is 2.53. The van der Waals surface area contributed by atoms with Crippen molar-refractivity contribution in [3.05, 3.63) is 29.3 Å². The number of nitrogens with one attached hydrogen (secondary N) is 1. The van der Waals surface area contributed by atoms with Crippen LogP contribution in [0.5, 0.6) is 5.75 Å². The van der Waals surface area contributed by atoms with Crippen LogP contribution in [0.1, 0.15) is 43.9 Å². The molecule has 0 spiro atoms. The van der Waals surface area contributed by atoms with E-state index in [1.54, 1.807) is 7.11 Å². The second-order valence-corrected chi connectivity index (χ2v) is 4.90. The topological polar surface area (TPSA) is 30.5 Å². The largest absolute Gasteiger partial charge is 0.493 e. The molecule has 0 amide bonds. The van der Waals surface area contributed by atoms with E-state index in [4.69, 9.17) is 9.47 Å². The third-order valence-electron chi connectivity index (χ3n) is 3.15. The van der Waals surface area contributed by atoms with Gasteiger partial charge < -0.3 is 14.8 Å². The van der Waals surface area contributed by atoms with Crippen LogP contribution in [-0.4, -0.2) is 26.9 Å². The van der Waals surface area contributed by atoms with Crippen LogP contribution in [0.4, 0.5) is 0 Å². The van der Waals surface area contributed by atoms with Crippen LogP contribution in [0.25, 0.3) is 0 Å². The van der Waals surface area contributed by atoms with E-state index < -0.39 is 0 Å². The molecule has 0 saturated carbocycles. The molecular formula is C16H27NO2. The van der Waals surface area contributed by atoms with E-state index in [0.29, 0.717) is 12.6 Å². The van der Waals surface area contributed by atoms with Gasteiger partial charge in [0.25, 0.3) is 0 Å². The van der Waals surface area contributed by atoms with Gasteiger partial charge in [0.2, 0.25) is 0 Å². The molecule has 0 heterocycles. The molecule has 108 valence electrons. The molecule has 1 rings (SSSR count). The van der Waals surface area contributed by atoms with Crippen LogP contribution in [0.2, 0.25) is 0 Å². The third kappa shape index (κ3) is 5.62. The van der Waals surface area contributed by atoms with Gasteiger partial charge in [-0.05, 0) is 44.0 Å². The van der Waals surface area contributed by atoms with Crippen molar-refractivity contribution in [1.82, 2.24) is 5.32 Å². The summed E-state index contributed by atoms with van der Waals surface area (Å²) in [5.74, 6) is 0.975. The van der Waals surface area contributed by atoms with Crippen molar-refractivity contribution in [2.45, 2.75) is 39.7 Å². The first-order valence-corrected chi connectivity index (χ1v) is 7.14. The van der Waals surface area contributed by atoms with Gasteiger partial charge in [-0.15, -0.1) is 0 Å². The molecular weight excluding hydrogens is 238 g/mol. The summed E-state index contributed by atoms with van der Waals surface area (Å²) >= 11 is 0. The van der Waals surface area contributed by atoms with Gasteiger partial charge in [-0.2, -0.15) is 0 Å². The van der Waals surface area contributed by atoms with Gasteiger partial charge in [-0.3, -0.25) is 0 Å². The van der Waals surface area contributed by atoms with E-state index >= 15 is 0 Å². The van der Waals surface area contributed by atoms with E-state index in [0.717, 1.165) is 31.7 Å². The number of ether oxygens (including phenoxy) is 2. The fourth-order valence-electron chi connectivity index (χ4n) is 1.97. The summed E-state index contributed by atoms with van der Waals surface area (Å²) < 4.78 is 10.8. The normalized spacial score (nSPS) is 12.4. The SMILES string of the molecule is CCCNC(C)c1ccc(OCCCOC)c(C)c1. The highest BCUT2D eigenvalue weighted by Gasteiger charge is 2.07. The van der Waals surface area contributed by atoms with Crippen molar-refractivity contribution in [2.75, 3.05) is 26.9 Å². The minimum atomic E-state index is 0.390. The Labute approximate surface area is 117 Å². The zero-order valence-corrected chi connectivity index (χ0v) is 12.7. The maximum Gasteiger partial charge on any atom is 0.122 e. The van der Waals surface area contributed by atoms with Gasteiger partial charge in [0, 0.05) is 26.2 Å². The molecule has 0 radical (unpaired) electrons. The highest BCUT2D eigenvalue weighted by atomic mass is 16.5. The molecule has 3 nitrogen and oxygen atoms in total. The molecule has 0 aliphatic carbocycles. The van der Waals surface area contributed by atoms with Crippen molar-refractivity contribution in [3.8, 4) is 5.75 Å².